The molecule has 0 saturated heterocycles. The molecule has 3 rings (SSSR count). The number of ether oxygens (including phenoxy) is 2. The van der Waals surface area contributed by atoms with Crippen LogP contribution in [-0.4, -0.2) is 25.4 Å². The molecule has 1 N–H and O–H groups in total. The van der Waals surface area contributed by atoms with E-state index in [2.05, 4.69) is 36.4 Å². The number of hydrogen-bond donors (Lipinski definition) is 1. The molecule has 26 heavy (non-hydrogen) atoms. The van der Waals surface area contributed by atoms with E-state index in [-0.39, 0.29) is 5.75 Å². The van der Waals surface area contributed by atoms with Gasteiger partial charge < -0.3 is 14.6 Å². The molecule has 3 aromatic rings. The minimum atomic E-state index is 0.282. The molecule has 0 aromatic heterocycles. The molecule has 0 aliphatic rings. The van der Waals surface area contributed by atoms with Gasteiger partial charge in [0.2, 0.25) is 0 Å². The molecule has 0 aliphatic carbocycles. The van der Waals surface area contributed by atoms with Crippen LogP contribution >= 0.6 is 0 Å². The predicted molar refractivity (Wildman–Crippen MR) is 106 cm³/mol. The van der Waals surface area contributed by atoms with Gasteiger partial charge in [0.05, 0.1) is 6.61 Å². The molecule has 0 heterocycles. The molecule has 0 aliphatic heterocycles. The highest BCUT2D eigenvalue weighted by Gasteiger charge is 2.02. The number of hydrogen-bond acceptors (Lipinski definition) is 3. The number of rotatable bonds is 8. The summed E-state index contributed by atoms with van der Waals surface area (Å²) >= 11 is 0. The number of aromatic hydroxyl groups is 1. The Balaban J connectivity index is 1.62. The third-order valence-electron chi connectivity index (χ3n) is 4.26. The minimum absolute atomic E-state index is 0.282. The van der Waals surface area contributed by atoms with Crippen molar-refractivity contribution < 1.29 is 14.6 Å². The normalized spacial score (nSPS) is 10.7. The summed E-state index contributed by atoms with van der Waals surface area (Å²) in [6.45, 7) is 1.49. The first-order valence-corrected chi connectivity index (χ1v) is 8.88. The second-order valence-electron chi connectivity index (χ2n) is 6.20. The summed E-state index contributed by atoms with van der Waals surface area (Å²) in [6, 6.07) is 23.8. The molecule has 0 radical (unpaired) electrons. The Morgan fingerprint density at radius 2 is 1.27 bits per heavy atom. The van der Waals surface area contributed by atoms with Crippen LogP contribution < -0.4 is 4.74 Å². The van der Waals surface area contributed by atoms with Gasteiger partial charge in [-0.15, -0.1) is 0 Å². The zero-order valence-electron chi connectivity index (χ0n) is 15.0. The number of unbranched alkanes of at least 4 members (excludes halogenated alkanes) is 1. The van der Waals surface area contributed by atoms with Crippen LogP contribution in [0, 0.1) is 0 Å². The largest absolute Gasteiger partial charge is 0.508 e. The summed E-state index contributed by atoms with van der Waals surface area (Å²) in [5, 5.41) is 9.62. The van der Waals surface area contributed by atoms with Gasteiger partial charge in [-0.2, -0.15) is 0 Å². The van der Waals surface area contributed by atoms with Crippen molar-refractivity contribution in [1.82, 2.24) is 0 Å². The highest BCUT2D eigenvalue weighted by Crippen LogP contribution is 2.27. The fourth-order valence-corrected chi connectivity index (χ4v) is 2.82. The molecule has 0 saturated carbocycles. The Kier molecular flexibility index (Phi) is 6.29. The Labute approximate surface area is 154 Å². The summed E-state index contributed by atoms with van der Waals surface area (Å²) in [6.07, 6.45) is 2.01. The lowest BCUT2D eigenvalue weighted by atomic mass is 10.0. The predicted octanol–water partition coefficient (Wildman–Crippen LogP) is 5.53. The summed E-state index contributed by atoms with van der Waals surface area (Å²) in [4.78, 5) is 0. The van der Waals surface area contributed by atoms with Gasteiger partial charge in [-0.05, 0) is 59.4 Å². The lowest BCUT2D eigenvalue weighted by molar-refractivity contribution is 0.184. The number of methoxy groups -OCH3 is 1. The molecule has 0 spiro atoms. The van der Waals surface area contributed by atoms with Crippen molar-refractivity contribution in [3.63, 3.8) is 0 Å². The van der Waals surface area contributed by atoms with Gasteiger partial charge in [0.1, 0.15) is 11.5 Å². The second kappa shape index (κ2) is 9.07. The lowest BCUT2D eigenvalue weighted by Gasteiger charge is -2.08. The van der Waals surface area contributed by atoms with Crippen LogP contribution in [0.25, 0.3) is 22.3 Å². The topological polar surface area (TPSA) is 38.7 Å². The van der Waals surface area contributed by atoms with Crippen LogP contribution in [0.1, 0.15) is 12.8 Å². The minimum Gasteiger partial charge on any atom is -0.508 e. The zero-order valence-corrected chi connectivity index (χ0v) is 15.0. The van der Waals surface area contributed by atoms with Crippen LogP contribution in [0.2, 0.25) is 0 Å². The number of phenols is 1. The smallest absolute Gasteiger partial charge is 0.119 e. The molecule has 0 unspecified atom stereocenters. The van der Waals surface area contributed by atoms with Crippen molar-refractivity contribution in [2.45, 2.75) is 12.8 Å². The van der Waals surface area contributed by atoms with E-state index in [0.29, 0.717) is 6.61 Å². The van der Waals surface area contributed by atoms with Crippen LogP contribution in [0.3, 0.4) is 0 Å². The highest BCUT2D eigenvalue weighted by molar-refractivity contribution is 5.71. The first kappa shape index (κ1) is 18.0. The molecular weight excluding hydrogens is 324 g/mol. The molecule has 3 nitrogen and oxygen atoms in total. The lowest BCUT2D eigenvalue weighted by Crippen LogP contribution is -1.99. The summed E-state index contributed by atoms with van der Waals surface area (Å²) < 4.78 is 10.8. The van der Waals surface area contributed by atoms with Crippen molar-refractivity contribution in [2.24, 2.45) is 0 Å². The molecule has 3 aromatic carbocycles. The third kappa shape index (κ3) is 4.87. The maximum atomic E-state index is 9.62. The fraction of sp³-hybridized carbons (Fsp3) is 0.217. The van der Waals surface area contributed by atoms with Crippen molar-refractivity contribution in [3.8, 4) is 33.8 Å². The van der Waals surface area contributed by atoms with Crippen molar-refractivity contribution >= 4 is 0 Å². The number of benzene rings is 3. The molecular formula is C23H24O3. The average Bonchev–Trinajstić information content (AvgIpc) is 2.68. The van der Waals surface area contributed by atoms with Gasteiger partial charge >= 0.3 is 0 Å². The summed E-state index contributed by atoms with van der Waals surface area (Å²) in [5.74, 6) is 1.17. The molecule has 134 valence electrons. The van der Waals surface area contributed by atoms with Crippen molar-refractivity contribution in [1.29, 1.82) is 0 Å². The quantitative estimate of drug-likeness (QED) is 0.544. The van der Waals surface area contributed by atoms with Crippen LogP contribution in [0.5, 0.6) is 11.5 Å². The van der Waals surface area contributed by atoms with E-state index >= 15 is 0 Å². The van der Waals surface area contributed by atoms with E-state index in [1.807, 2.05) is 24.3 Å². The van der Waals surface area contributed by atoms with E-state index in [0.717, 1.165) is 47.5 Å². The third-order valence-corrected chi connectivity index (χ3v) is 4.26. The standard InChI is InChI=1S/C23H24O3/c1-25-15-2-3-16-26-23-13-11-19(12-14-23)18-7-9-20(10-8-18)21-5-4-6-22(24)17-21/h4-14,17,24H,2-3,15-16H2,1H3. The summed E-state index contributed by atoms with van der Waals surface area (Å²) in [7, 11) is 1.72. The van der Waals surface area contributed by atoms with Gasteiger partial charge in [0, 0.05) is 13.7 Å². The van der Waals surface area contributed by atoms with Crippen molar-refractivity contribution in [3.05, 3.63) is 72.8 Å². The summed E-state index contributed by atoms with van der Waals surface area (Å²) in [5.41, 5.74) is 4.40. The second-order valence-corrected chi connectivity index (χ2v) is 6.20. The first-order valence-electron chi connectivity index (χ1n) is 8.88. The SMILES string of the molecule is COCCCCOc1ccc(-c2ccc(-c3cccc(O)c3)cc2)cc1. The monoisotopic (exact) mass is 348 g/mol. The van der Waals surface area contributed by atoms with Crippen molar-refractivity contribution in [2.75, 3.05) is 20.3 Å². The maximum absolute atomic E-state index is 9.62. The molecule has 0 atom stereocenters. The molecule has 0 amide bonds. The number of phenolic OH excluding ortho intramolecular Hbond substituents is 1. The molecule has 3 heteroatoms. The van der Waals surface area contributed by atoms with E-state index in [1.165, 1.54) is 0 Å². The first-order chi connectivity index (χ1) is 12.8. The van der Waals surface area contributed by atoms with Gasteiger partial charge in [-0.1, -0.05) is 48.5 Å². The Bertz CT molecular complexity index is 808. The average molecular weight is 348 g/mol. The molecule has 0 fully saturated rings. The van der Waals surface area contributed by atoms with E-state index in [4.69, 9.17) is 9.47 Å². The molecule has 0 bridgehead atoms. The van der Waals surface area contributed by atoms with Gasteiger partial charge in [0.25, 0.3) is 0 Å². The van der Waals surface area contributed by atoms with E-state index in [9.17, 15) is 5.11 Å². The van der Waals surface area contributed by atoms with Gasteiger partial charge in [-0.25, -0.2) is 0 Å². The Hall–Kier alpha value is -2.78. The van der Waals surface area contributed by atoms with Crippen LogP contribution in [0.4, 0.5) is 0 Å². The van der Waals surface area contributed by atoms with Gasteiger partial charge in [0.15, 0.2) is 0 Å². The van der Waals surface area contributed by atoms with E-state index < -0.39 is 0 Å². The maximum Gasteiger partial charge on any atom is 0.119 e. The highest BCUT2D eigenvalue weighted by atomic mass is 16.5. The Morgan fingerprint density at radius 1 is 0.692 bits per heavy atom. The van der Waals surface area contributed by atoms with E-state index in [1.54, 1.807) is 19.2 Å². The Morgan fingerprint density at radius 3 is 1.88 bits per heavy atom. The van der Waals surface area contributed by atoms with Crippen LogP contribution in [-0.2, 0) is 4.74 Å². The zero-order chi connectivity index (χ0) is 18.2. The van der Waals surface area contributed by atoms with Crippen LogP contribution in [0.15, 0.2) is 72.8 Å². The van der Waals surface area contributed by atoms with Gasteiger partial charge in [-0.3, -0.25) is 0 Å². The fourth-order valence-electron chi connectivity index (χ4n) is 2.82.